The summed E-state index contributed by atoms with van der Waals surface area (Å²) < 4.78 is 0. The summed E-state index contributed by atoms with van der Waals surface area (Å²) in [5.41, 5.74) is 0. The van der Waals surface area contributed by atoms with E-state index in [1.54, 1.807) is 0 Å². The van der Waals surface area contributed by atoms with Gasteiger partial charge in [-0.15, -0.1) is 11.6 Å². The molecule has 2 aliphatic rings. The van der Waals surface area contributed by atoms with Gasteiger partial charge in [0.2, 0.25) is 0 Å². The maximum absolute atomic E-state index is 6.01. The molecular formula is C7H11Cl. The van der Waals surface area contributed by atoms with Crippen LogP contribution in [-0.4, -0.2) is 5.38 Å². The topological polar surface area (TPSA) is 0 Å². The van der Waals surface area contributed by atoms with Crippen molar-refractivity contribution in [3.8, 4) is 0 Å². The van der Waals surface area contributed by atoms with E-state index in [4.69, 9.17) is 11.6 Å². The fourth-order valence-electron chi connectivity index (χ4n) is 2.17. The quantitative estimate of drug-likeness (QED) is 0.442. The fourth-order valence-corrected chi connectivity index (χ4v) is 2.65. The van der Waals surface area contributed by atoms with E-state index in [9.17, 15) is 0 Å². The molecule has 0 saturated heterocycles. The molecule has 0 aliphatic heterocycles. The monoisotopic (exact) mass is 130 g/mol. The third-order valence-corrected chi connectivity index (χ3v) is 3.19. The standard InChI is InChI=1S/C7H11Cl/c8-7-4-5-1-2-6(7)3-5/h5-7H,1-4H2/t5-,6+,7?/m0/s1. The lowest BCUT2D eigenvalue weighted by Gasteiger charge is -2.13. The summed E-state index contributed by atoms with van der Waals surface area (Å²) in [6, 6.07) is 0. The molecular weight excluding hydrogens is 120 g/mol. The van der Waals surface area contributed by atoms with Crippen molar-refractivity contribution >= 4 is 11.6 Å². The zero-order chi connectivity index (χ0) is 5.56. The summed E-state index contributed by atoms with van der Waals surface area (Å²) in [5.74, 6) is 1.92. The van der Waals surface area contributed by atoms with E-state index in [-0.39, 0.29) is 0 Å². The third kappa shape index (κ3) is 0.589. The van der Waals surface area contributed by atoms with Crippen LogP contribution in [0.25, 0.3) is 0 Å². The normalized spacial score (nSPS) is 52.9. The highest BCUT2D eigenvalue weighted by Gasteiger charge is 2.38. The van der Waals surface area contributed by atoms with Crippen LogP contribution < -0.4 is 0 Å². The lowest BCUT2D eigenvalue weighted by molar-refractivity contribution is 0.487. The molecule has 0 aromatic heterocycles. The van der Waals surface area contributed by atoms with Gasteiger partial charge in [-0.05, 0) is 31.1 Å². The van der Waals surface area contributed by atoms with Crippen molar-refractivity contribution in [1.29, 1.82) is 0 Å². The maximum atomic E-state index is 6.01. The number of fused-ring (bicyclic) bond motifs is 2. The van der Waals surface area contributed by atoms with Crippen molar-refractivity contribution < 1.29 is 0 Å². The van der Waals surface area contributed by atoms with Crippen LogP contribution in [-0.2, 0) is 0 Å². The van der Waals surface area contributed by atoms with Crippen molar-refractivity contribution in [2.24, 2.45) is 11.8 Å². The van der Waals surface area contributed by atoms with E-state index in [1.165, 1.54) is 25.7 Å². The molecule has 3 atom stereocenters. The molecule has 2 aliphatic carbocycles. The molecule has 0 radical (unpaired) electrons. The number of alkyl halides is 1. The van der Waals surface area contributed by atoms with Crippen LogP contribution >= 0.6 is 11.6 Å². The minimum atomic E-state index is 0.550. The molecule has 0 amide bonds. The summed E-state index contributed by atoms with van der Waals surface area (Å²) in [6.45, 7) is 0. The number of rotatable bonds is 0. The predicted molar refractivity (Wildman–Crippen MR) is 35.1 cm³/mol. The molecule has 2 bridgehead atoms. The molecule has 0 nitrogen and oxygen atoms in total. The van der Waals surface area contributed by atoms with Gasteiger partial charge in [-0.1, -0.05) is 6.42 Å². The van der Waals surface area contributed by atoms with Crippen LogP contribution in [0.1, 0.15) is 25.7 Å². The second kappa shape index (κ2) is 1.63. The first-order valence-corrected chi connectivity index (χ1v) is 3.94. The van der Waals surface area contributed by atoms with E-state index < -0.39 is 0 Å². The van der Waals surface area contributed by atoms with Crippen molar-refractivity contribution in [2.75, 3.05) is 0 Å². The van der Waals surface area contributed by atoms with E-state index in [0.29, 0.717) is 5.38 Å². The van der Waals surface area contributed by atoms with Crippen molar-refractivity contribution in [3.05, 3.63) is 0 Å². The Morgan fingerprint density at radius 2 is 2.00 bits per heavy atom. The Morgan fingerprint density at radius 1 is 1.12 bits per heavy atom. The molecule has 0 aromatic carbocycles. The highest BCUT2D eigenvalue weighted by Crippen LogP contribution is 2.46. The molecule has 8 heavy (non-hydrogen) atoms. The Morgan fingerprint density at radius 3 is 2.25 bits per heavy atom. The van der Waals surface area contributed by atoms with Crippen LogP contribution in [0.15, 0.2) is 0 Å². The molecule has 46 valence electrons. The van der Waals surface area contributed by atoms with E-state index in [0.717, 1.165) is 11.8 Å². The summed E-state index contributed by atoms with van der Waals surface area (Å²) >= 11 is 6.01. The number of hydrogen-bond donors (Lipinski definition) is 0. The van der Waals surface area contributed by atoms with E-state index in [1.807, 2.05) is 0 Å². The highest BCUT2D eigenvalue weighted by atomic mass is 35.5. The van der Waals surface area contributed by atoms with Crippen LogP contribution in [0, 0.1) is 11.8 Å². The SMILES string of the molecule is ClC1C[C@H]2CC[C@@H]1C2. The maximum Gasteiger partial charge on any atom is 0.0367 e. The van der Waals surface area contributed by atoms with Crippen LogP contribution in [0.5, 0.6) is 0 Å². The van der Waals surface area contributed by atoms with Gasteiger partial charge in [-0.25, -0.2) is 0 Å². The van der Waals surface area contributed by atoms with Crippen molar-refractivity contribution in [1.82, 2.24) is 0 Å². The first kappa shape index (κ1) is 5.10. The van der Waals surface area contributed by atoms with E-state index in [2.05, 4.69) is 0 Å². The van der Waals surface area contributed by atoms with Crippen LogP contribution in [0.2, 0.25) is 0 Å². The molecule has 0 heterocycles. The Balaban J connectivity index is 2.11. The molecule has 0 aromatic rings. The Kier molecular flexibility index (Phi) is 1.04. The summed E-state index contributed by atoms with van der Waals surface area (Å²) in [7, 11) is 0. The van der Waals surface area contributed by atoms with Crippen LogP contribution in [0.4, 0.5) is 0 Å². The molecule has 0 N–H and O–H groups in total. The van der Waals surface area contributed by atoms with E-state index >= 15 is 0 Å². The summed E-state index contributed by atoms with van der Waals surface area (Å²) in [5, 5.41) is 0.550. The van der Waals surface area contributed by atoms with Crippen molar-refractivity contribution in [3.63, 3.8) is 0 Å². The Labute approximate surface area is 55.2 Å². The first-order chi connectivity index (χ1) is 3.86. The largest absolute Gasteiger partial charge is 0.123 e. The molecule has 2 saturated carbocycles. The van der Waals surface area contributed by atoms with Crippen LogP contribution in [0.3, 0.4) is 0 Å². The van der Waals surface area contributed by atoms with Gasteiger partial charge in [0.15, 0.2) is 0 Å². The van der Waals surface area contributed by atoms with Gasteiger partial charge in [0, 0.05) is 5.38 Å². The molecule has 2 fully saturated rings. The minimum absolute atomic E-state index is 0.550. The zero-order valence-electron chi connectivity index (χ0n) is 4.94. The lowest BCUT2D eigenvalue weighted by Crippen LogP contribution is -2.08. The van der Waals surface area contributed by atoms with Gasteiger partial charge in [-0.3, -0.25) is 0 Å². The fraction of sp³-hybridized carbons (Fsp3) is 1.00. The predicted octanol–water partition coefficient (Wildman–Crippen LogP) is 2.41. The Bertz CT molecular complexity index is 98.6. The first-order valence-electron chi connectivity index (χ1n) is 3.50. The zero-order valence-corrected chi connectivity index (χ0v) is 5.69. The van der Waals surface area contributed by atoms with Crippen molar-refractivity contribution in [2.45, 2.75) is 31.1 Å². The van der Waals surface area contributed by atoms with Gasteiger partial charge >= 0.3 is 0 Å². The van der Waals surface area contributed by atoms with Gasteiger partial charge in [0.25, 0.3) is 0 Å². The second-order valence-corrected chi connectivity index (χ2v) is 3.75. The molecule has 1 unspecified atom stereocenters. The average molecular weight is 131 g/mol. The summed E-state index contributed by atoms with van der Waals surface area (Å²) in [4.78, 5) is 0. The highest BCUT2D eigenvalue weighted by molar-refractivity contribution is 6.21. The second-order valence-electron chi connectivity index (χ2n) is 3.19. The molecule has 2 rings (SSSR count). The lowest BCUT2D eigenvalue weighted by atomic mass is 10.0. The third-order valence-electron chi connectivity index (χ3n) is 2.65. The van der Waals surface area contributed by atoms with Gasteiger partial charge in [0.05, 0.1) is 0 Å². The Hall–Kier alpha value is 0.290. The van der Waals surface area contributed by atoms with Gasteiger partial charge in [-0.2, -0.15) is 0 Å². The van der Waals surface area contributed by atoms with Gasteiger partial charge in [0.1, 0.15) is 0 Å². The smallest absolute Gasteiger partial charge is 0.0367 e. The number of halogens is 1. The molecule has 0 spiro atoms. The summed E-state index contributed by atoms with van der Waals surface area (Å²) in [6.07, 6.45) is 5.63. The van der Waals surface area contributed by atoms with Gasteiger partial charge < -0.3 is 0 Å². The minimum Gasteiger partial charge on any atom is -0.123 e. The number of hydrogen-bond acceptors (Lipinski definition) is 0. The molecule has 1 heteroatoms. The average Bonchev–Trinajstić information content (AvgIpc) is 2.23.